The van der Waals surface area contributed by atoms with Gasteiger partial charge in [0.1, 0.15) is 5.75 Å². The fraction of sp³-hybridized carbons (Fsp3) is 0.222. The number of ether oxygens (including phenoxy) is 3. The molecule has 23 heavy (non-hydrogen) atoms. The van der Waals surface area contributed by atoms with Crippen LogP contribution in [0.1, 0.15) is 17.2 Å². The van der Waals surface area contributed by atoms with Gasteiger partial charge in [-0.15, -0.1) is 0 Å². The van der Waals surface area contributed by atoms with E-state index in [4.69, 9.17) is 14.2 Å². The van der Waals surface area contributed by atoms with Crippen LogP contribution >= 0.6 is 0 Å². The summed E-state index contributed by atoms with van der Waals surface area (Å²) in [4.78, 5) is 16.5. The Morgan fingerprint density at radius 1 is 1.04 bits per heavy atom. The molecule has 0 radical (unpaired) electrons. The van der Waals surface area contributed by atoms with E-state index in [9.17, 15) is 4.79 Å². The van der Waals surface area contributed by atoms with Gasteiger partial charge in [-0.25, -0.2) is 9.79 Å². The topological polar surface area (TPSA) is 57.1 Å². The highest BCUT2D eigenvalue weighted by Crippen LogP contribution is 2.33. The van der Waals surface area contributed by atoms with E-state index in [0.717, 1.165) is 5.56 Å². The molecule has 0 saturated heterocycles. The first-order valence-corrected chi connectivity index (χ1v) is 7.25. The van der Waals surface area contributed by atoms with Gasteiger partial charge in [-0.2, -0.15) is 0 Å². The van der Waals surface area contributed by atoms with Crippen LogP contribution in [0.2, 0.25) is 0 Å². The second kappa shape index (κ2) is 6.52. The Morgan fingerprint density at radius 2 is 1.74 bits per heavy atom. The third-order valence-corrected chi connectivity index (χ3v) is 3.69. The monoisotopic (exact) mass is 311 g/mol. The number of carbonyl (C=O) groups excluding carboxylic acids is 1. The number of aliphatic imine (C=N–C) groups is 1. The van der Waals surface area contributed by atoms with Gasteiger partial charge in [0.2, 0.25) is 5.90 Å². The first-order chi connectivity index (χ1) is 11.2. The van der Waals surface area contributed by atoms with Crippen LogP contribution < -0.4 is 4.74 Å². The fourth-order valence-corrected chi connectivity index (χ4v) is 2.55. The Balaban J connectivity index is 1.99. The lowest BCUT2D eigenvalue weighted by molar-refractivity contribution is -0.143. The van der Waals surface area contributed by atoms with Crippen LogP contribution in [0.4, 0.5) is 0 Å². The maximum absolute atomic E-state index is 12.1. The molecular weight excluding hydrogens is 294 g/mol. The molecule has 3 rings (SSSR count). The minimum atomic E-state index is -0.734. The molecule has 0 unspecified atom stereocenters. The van der Waals surface area contributed by atoms with Crippen molar-refractivity contribution >= 4 is 11.9 Å². The second-order valence-electron chi connectivity index (χ2n) is 5.05. The van der Waals surface area contributed by atoms with E-state index in [1.54, 1.807) is 7.11 Å². The third kappa shape index (κ3) is 2.90. The summed E-state index contributed by atoms with van der Waals surface area (Å²) in [6, 6.07) is 16.2. The molecular formula is C18H17NO4. The standard InChI is InChI=1S/C18H17NO4/c1-21-14-11-7-6-10-13(14)17-19-15(18(20)22-2)16(23-17)12-8-4-3-5-9-12/h3-11,15-16H,1-2H3/t15-,16-/m0/s1. The van der Waals surface area contributed by atoms with E-state index in [-0.39, 0.29) is 0 Å². The number of methoxy groups -OCH3 is 2. The van der Waals surface area contributed by atoms with Crippen LogP contribution in [-0.4, -0.2) is 32.1 Å². The van der Waals surface area contributed by atoms with Gasteiger partial charge in [0.05, 0.1) is 19.8 Å². The first-order valence-electron chi connectivity index (χ1n) is 7.25. The van der Waals surface area contributed by atoms with Crippen molar-refractivity contribution in [3.8, 4) is 5.75 Å². The van der Waals surface area contributed by atoms with Crippen LogP contribution in [0, 0.1) is 0 Å². The van der Waals surface area contributed by atoms with Crippen LogP contribution in [-0.2, 0) is 14.3 Å². The predicted molar refractivity (Wildman–Crippen MR) is 85.6 cm³/mol. The van der Waals surface area contributed by atoms with Gasteiger partial charge >= 0.3 is 5.97 Å². The zero-order valence-corrected chi connectivity index (χ0v) is 12.9. The van der Waals surface area contributed by atoms with E-state index in [0.29, 0.717) is 17.2 Å². The lowest BCUT2D eigenvalue weighted by atomic mass is 10.0. The average Bonchev–Trinajstić information content (AvgIpc) is 3.07. The van der Waals surface area contributed by atoms with E-state index in [2.05, 4.69) is 4.99 Å². The molecule has 118 valence electrons. The van der Waals surface area contributed by atoms with Crippen molar-refractivity contribution in [2.24, 2.45) is 4.99 Å². The van der Waals surface area contributed by atoms with Gasteiger partial charge in [-0.1, -0.05) is 42.5 Å². The minimum absolute atomic E-state index is 0.381. The molecule has 0 spiro atoms. The molecule has 1 aliphatic rings. The Hall–Kier alpha value is -2.82. The van der Waals surface area contributed by atoms with Crippen molar-refractivity contribution < 1.29 is 19.0 Å². The summed E-state index contributed by atoms with van der Waals surface area (Å²) in [6.45, 7) is 0. The van der Waals surface area contributed by atoms with E-state index >= 15 is 0 Å². The molecule has 2 aromatic carbocycles. The number of para-hydroxylation sites is 1. The zero-order chi connectivity index (χ0) is 16.2. The van der Waals surface area contributed by atoms with Crippen molar-refractivity contribution in [2.45, 2.75) is 12.1 Å². The summed E-state index contributed by atoms with van der Waals surface area (Å²) >= 11 is 0. The Labute approximate surface area is 134 Å². The normalized spacial score (nSPS) is 19.7. The van der Waals surface area contributed by atoms with Crippen molar-refractivity contribution in [1.29, 1.82) is 0 Å². The summed E-state index contributed by atoms with van der Waals surface area (Å²) < 4.78 is 16.2. The molecule has 5 nitrogen and oxygen atoms in total. The van der Waals surface area contributed by atoms with Crippen molar-refractivity contribution in [1.82, 2.24) is 0 Å². The second-order valence-corrected chi connectivity index (χ2v) is 5.05. The molecule has 1 heterocycles. The molecule has 0 N–H and O–H groups in total. The first kappa shape index (κ1) is 15.1. The van der Waals surface area contributed by atoms with Gasteiger partial charge in [-0.05, 0) is 17.7 Å². The number of nitrogens with zero attached hydrogens (tertiary/aromatic N) is 1. The Kier molecular flexibility index (Phi) is 4.28. The maximum atomic E-state index is 12.1. The predicted octanol–water partition coefficient (Wildman–Crippen LogP) is 2.75. The molecule has 0 aromatic heterocycles. The number of hydrogen-bond acceptors (Lipinski definition) is 5. The molecule has 0 aliphatic carbocycles. The van der Waals surface area contributed by atoms with Gasteiger partial charge in [0.25, 0.3) is 0 Å². The van der Waals surface area contributed by atoms with Gasteiger partial charge in [-0.3, -0.25) is 0 Å². The summed E-state index contributed by atoms with van der Waals surface area (Å²) in [5.74, 6) is 0.596. The lowest BCUT2D eigenvalue weighted by Crippen LogP contribution is -2.25. The van der Waals surface area contributed by atoms with E-state index in [1.165, 1.54) is 7.11 Å². The number of carbonyl (C=O) groups is 1. The summed E-state index contributed by atoms with van der Waals surface area (Å²) in [5.41, 5.74) is 1.58. The largest absolute Gasteiger partial charge is 0.496 e. The SMILES string of the molecule is COC(=O)[C@H]1N=C(c2ccccc2OC)O[C@H]1c1ccccc1. The Morgan fingerprint density at radius 3 is 2.43 bits per heavy atom. The Bertz CT molecular complexity index is 727. The molecule has 0 bridgehead atoms. The van der Waals surface area contributed by atoms with Crippen molar-refractivity contribution in [2.75, 3.05) is 14.2 Å². The quantitative estimate of drug-likeness (QED) is 0.815. The van der Waals surface area contributed by atoms with E-state index in [1.807, 2.05) is 54.6 Å². The van der Waals surface area contributed by atoms with Gasteiger partial charge in [0.15, 0.2) is 12.1 Å². The highest BCUT2D eigenvalue weighted by atomic mass is 16.5. The number of rotatable bonds is 4. The van der Waals surface area contributed by atoms with Crippen LogP contribution in [0.15, 0.2) is 59.6 Å². The summed E-state index contributed by atoms with van der Waals surface area (Å²) in [7, 11) is 2.93. The average molecular weight is 311 g/mol. The van der Waals surface area contributed by atoms with E-state index < -0.39 is 18.1 Å². The van der Waals surface area contributed by atoms with Crippen LogP contribution in [0.25, 0.3) is 0 Å². The van der Waals surface area contributed by atoms with Gasteiger partial charge < -0.3 is 14.2 Å². The molecule has 0 amide bonds. The molecule has 2 atom stereocenters. The van der Waals surface area contributed by atoms with Crippen molar-refractivity contribution in [3.63, 3.8) is 0 Å². The lowest BCUT2D eigenvalue weighted by Gasteiger charge is -2.16. The molecule has 1 aliphatic heterocycles. The molecule has 0 saturated carbocycles. The maximum Gasteiger partial charge on any atom is 0.335 e. The summed E-state index contributed by atoms with van der Waals surface area (Å²) in [5, 5.41) is 0. The zero-order valence-electron chi connectivity index (χ0n) is 12.9. The summed E-state index contributed by atoms with van der Waals surface area (Å²) in [6.07, 6.45) is -0.511. The number of benzene rings is 2. The highest BCUT2D eigenvalue weighted by molar-refractivity contribution is 6.00. The van der Waals surface area contributed by atoms with Crippen LogP contribution in [0.3, 0.4) is 0 Å². The van der Waals surface area contributed by atoms with Crippen LogP contribution in [0.5, 0.6) is 5.75 Å². The smallest absolute Gasteiger partial charge is 0.335 e. The molecule has 0 fully saturated rings. The van der Waals surface area contributed by atoms with Gasteiger partial charge in [0, 0.05) is 0 Å². The fourth-order valence-electron chi connectivity index (χ4n) is 2.55. The number of esters is 1. The third-order valence-electron chi connectivity index (χ3n) is 3.69. The molecule has 2 aromatic rings. The number of hydrogen-bond donors (Lipinski definition) is 0. The molecule has 5 heteroatoms. The highest BCUT2D eigenvalue weighted by Gasteiger charge is 2.39. The van der Waals surface area contributed by atoms with Crippen molar-refractivity contribution in [3.05, 3.63) is 65.7 Å². The minimum Gasteiger partial charge on any atom is -0.496 e.